The molecule has 0 aromatic heterocycles. The fourth-order valence-corrected chi connectivity index (χ4v) is 6.20. The van der Waals surface area contributed by atoms with Crippen molar-refractivity contribution in [1.29, 1.82) is 0 Å². The number of hydrogen-bond donors (Lipinski definition) is 0. The molecule has 1 saturated heterocycles. The van der Waals surface area contributed by atoms with Crippen LogP contribution in [0.25, 0.3) is 0 Å². The van der Waals surface area contributed by atoms with Gasteiger partial charge in [-0.25, -0.2) is 0 Å². The normalized spacial score (nSPS) is 19.4. The minimum Gasteiger partial charge on any atom is -0.373 e. The molecule has 23 heavy (non-hydrogen) atoms. The Morgan fingerprint density at radius 1 is 1.04 bits per heavy atom. The molecular formula is C17H36N2O3Si. The molecule has 1 atom stereocenters. The minimum absolute atomic E-state index is 0.303. The van der Waals surface area contributed by atoms with Crippen LogP contribution in [0.15, 0.2) is 4.99 Å². The molecule has 0 saturated carbocycles. The molecule has 1 rings (SSSR count). The lowest BCUT2D eigenvalue weighted by Crippen LogP contribution is -2.69. The third-order valence-electron chi connectivity index (χ3n) is 4.16. The minimum atomic E-state index is -2.59. The first-order chi connectivity index (χ1) is 11.2. The molecule has 1 unspecified atom stereocenters. The Balaban J connectivity index is 2.45. The van der Waals surface area contributed by atoms with E-state index in [2.05, 4.69) is 23.0 Å². The van der Waals surface area contributed by atoms with Crippen LogP contribution in [-0.4, -0.2) is 65.0 Å². The average Bonchev–Trinajstić information content (AvgIpc) is 2.49. The largest absolute Gasteiger partial charge is 0.519 e. The van der Waals surface area contributed by atoms with E-state index in [1.54, 1.807) is 0 Å². The first kappa shape index (κ1) is 20.8. The molecule has 136 valence electrons. The van der Waals surface area contributed by atoms with Crippen molar-refractivity contribution >= 4 is 15.0 Å². The molecule has 0 aliphatic carbocycles. The average molecular weight is 345 g/mol. The quantitative estimate of drug-likeness (QED) is 0.275. The molecule has 0 aromatic rings. The van der Waals surface area contributed by atoms with Gasteiger partial charge in [0, 0.05) is 26.4 Å². The summed E-state index contributed by atoms with van der Waals surface area (Å²) in [5.74, 6) is 0. The van der Waals surface area contributed by atoms with E-state index in [0.717, 1.165) is 32.5 Å². The summed E-state index contributed by atoms with van der Waals surface area (Å²) in [6.45, 7) is 13.1. The Kier molecular flexibility index (Phi) is 11.0. The van der Waals surface area contributed by atoms with E-state index in [1.165, 1.54) is 19.3 Å². The zero-order valence-corrected chi connectivity index (χ0v) is 16.6. The fourth-order valence-electron chi connectivity index (χ4n) is 2.98. The number of aliphatic imine (C=N–C) groups is 1. The predicted molar refractivity (Wildman–Crippen MR) is 98.1 cm³/mol. The van der Waals surface area contributed by atoms with Crippen LogP contribution in [0, 0.1) is 0 Å². The third-order valence-corrected chi connectivity index (χ3v) is 7.70. The number of likely N-dealkylation sites (tertiary alicyclic amines) is 1. The topological polar surface area (TPSA) is 43.3 Å². The molecule has 5 nitrogen and oxygen atoms in total. The van der Waals surface area contributed by atoms with E-state index >= 15 is 0 Å². The maximum absolute atomic E-state index is 6.03. The Hall–Kier alpha value is -0.273. The van der Waals surface area contributed by atoms with E-state index < -0.39 is 8.80 Å². The van der Waals surface area contributed by atoms with Gasteiger partial charge >= 0.3 is 8.80 Å². The first-order valence-corrected chi connectivity index (χ1v) is 11.2. The Morgan fingerprint density at radius 3 is 2.17 bits per heavy atom. The second kappa shape index (κ2) is 12.1. The van der Waals surface area contributed by atoms with Crippen molar-refractivity contribution < 1.29 is 13.3 Å². The van der Waals surface area contributed by atoms with Gasteiger partial charge in [0.25, 0.3) is 0 Å². The van der Waals surface area contributed by atoms with E-state index in [1.807, 2.05) is 20.8 Å². The monoisotopic (exact) mass is 344 g/mol. The lowest BCUT2D eigenvalue weighted by atomic mass is 10.2. The molecular weight excluding hydrogens is 308 g/mol. The van der Waals surface area contributed by atoms with Gasteiger partial charge in [-0.2, -0.15) is 0 Å². The molecule has 0 amide bonds. The van der Waals surface area contributed by atoms with Crippen LogP contribution in [0.3, 0.4) is 0 Å². The highest BCUT2D eigenvalue weighted by Crippen LogP contribution is 2.29. The molecule has 0 spiro atoms. The maximum atomic E-state index is 6.03. The molecule has 1 fully saturated rings. The summed E-state index contributed by atoms with van der Waals surface area (Å²) in [4.78, 5) is 6.97. The zero-order valence-electron chi connectivity index (χ0n) is 15.6. The summed E-state index contributed by atoms with van der Waals surface area (Å²) in [6, 6.07) is 0. The summed E-state index contributed by atoms with van der Waals surface area (Å²) in [7, 11) is -2.59. The Labute approximate surface area is 143 Å². The Bertz CT molecular complexity index is 312. The number of unbranched alkanes of at least 4 members (excludes halogenated alkanes) is 3. The van der Waals surface area contributed by atoms with Crippen LogP contribution in [0.2, 0.25) is 0 Å². The van der Waals surface area contributed by atoms with Gasteiger partial charge in [0.1, 0.15) is 0 Å². The van der Waals surface area contributed by atoms with Crippen molar-refractivity contribution in [3.05, 3.63) is 0 Å². The van der Waals surface area contributed by atoms with E-state index in [0.29, 0.717) is 25.5 Å². The van der Waals surface area contributed by atoms with Gasteiger partial charge in [-0.3, -0.25) is 9.89 Å². The lowest BCUT2D eigenvalue weighted by molar-refractivity contribution is 0.00588. The van der Waals surface area contributed by atoms with Crippen molar-refractivity contribution in [1.82, 2.24) is 4.90 Å². The summed E-state index contributed by atoms with van der Waals surface area (Å²) >= 11 is 0. The van der Waals surface area contributed by atoms with Crippen LogP contribution in [0.4, 0.5) is 0 Å². The number of rotatable bonds is 14. The highest BCUT2D eigenvalue weighted by molar-refractivity contribution is 6.62. The van der Waals surface area contributed by atoms with Crippen molar-refractivity contribution in [2.24, 2.45) is 4.99 Å². The third kappa shape index (κ3) is 6.62. The molecule has 0 bridgehead atoms. The molecule has 1 aliphatic heterocycles. The molecule has 0 aromatic carbocycles. The molecule has 1 heterocycles. The predicted octanol–water partition coefficient (Wildman–Crippen LogP) is 3.30. The summed E-state index contributed by atoms with van der Waals surface area (Å²) in [5, 5.41) is 0. The summed E-state index contributed by atoms with van der Waals surface area (Å²) in [5.41, 5.74) is 0.303. The summed E-state index contributed by atoms with van der Waals surface area (Å²) < 4.78 is 18.1. The van der Waals surface area contributed by atoms with Crippen molar-refractivity contribution in [2.75, 3.05) is 39.5 Å². The molecule has 0 N–H and O–H groups in total. The highest BCUT2D eigenvalue weighted by Gasteiger charge is 2.55. The fraction of sp³-hybridized carbons (Fsp3) is 0.941. The van der Waals surface area contributed by atoms with Gasteiger partial charge in [-0.15, -0.1) is 0 Å². The standard InChI is InChI=1S/C17H36N2O3Si/c1-5-9-10-11-13-18-14-16-19-15-12-17(19)23(20-6-2,21-7-3)22-8-4/h13,17H,5-12,14-16H2,1-4H3. The molecule has 0 radical (unpaired) electrons. The smallest absolute Gasteiger partial charge is 0.373 e. The number of nitrogens with zero attached hydrogens (tertiary/aromatic N) is 2. The van der Waals surface area contributed by atoms with Crippen molar-refractivity contribution in [3.8, 4) is 0 Å². The van der Waals surface area contributed by atoms with Gasteiger partial charge in [0.2, 0.25) is 0 Å². The van der Waals surface area contributed by atoms with Crippen molar-refractivity contribution in [2.45, 2.75) is 65.5 Å². The van der Waals surface area contributed by atoms with E-state index in [-0.39, 0.29) is 0 Å². The van der Waals surface area contributed by atoms with Gasteiger partial charge < -0.3 is 13.3 Å². The van der Waals surface area contributed by atoms with Gasteiger partial charge in [0.15, 0.2) is 0 Å². The second-order valence-corrected chi connectivity index (χ2v) is 8.57. The van der Waals surface area contributed by atoms with Crippen LogP contribution >= 0.6 is 0 Å². The van der Waals surface area contributed by atoms with Gasteiger partial charge in [0.05, 0.1) is 12.2 Å². The lowest BCUT2D eigenvalue weighted by Gasteiger charge is -2.47. The number of hydrogen-bond acceptors (Lipinski definition) is 5. The van der Waals surface area contributed by atoms with E-state index in [9.17, 15) is 0 Å². The maximum Gasteiger partial charge on any atom is 0.519 e. The first-order valence-electron chi connectivity index (χ1n) is 9.38. The van der Waals surface area contributed by atoms with Crippen LogP contribution in [0.5, 0.6) is 0 Å². The van der Waals surface area contributed by atoms with Crippen LogP contribution in [0.1, 0.15) is 59.8 Å². The van der Waals surface area contributed by atoms with Gasteiger partial charge in [-0.1, -0.05) is 19.8 Å². The zero-order chi connectivity index (χ0) is 17.0. The Morgan fingerprint density at radius 2 is 1.70 bits per heavy atom. The summed E-state index contributed by atoms with van der Waals surface area (Å²) in [6.07, 6.45) is 8.11. The molecule has 1 aliphatic rings. The van der Waals surface area contributed by atoms with E-state index in [4.69, 9.17) is 13.3 Å². The highest BCUT2D eigenvalue weighted by atomic mass is 28.4. The van der Waals surface area contributed by atoms with Gasteiger partial charge in [-0.05, 0) is 52.8 Å². The molecule has 6 heteroatoms. The van der Waals surface area contributed by atoms with Crippen LogP contribution < -0.4 is 0 Å². The van der Waals surface area contributed by atoms with Crippen LogP contribution in [-0.2, 0) is 13.3 Å². The second-order valence-electron chi connectivity index (χ2n) is 5.83. The SMILES string of the molecule is CCCCCC=NCCN1CCC1[Si](OCC)(OCC)OCC. The van der Waals surface area contributed by atoms with Crippen molar-refractivity contribution in [3.63, 3.8) is 0 Å².